The monoisotopic (exact) mass is 400 g/mol. The first-order chi connectivity index (χ1) is 12.1. The predicted molar refractivity (Wildman–Crippen MR) is 105 cm³/mol. The lowest BCUT2D eigenvalue weighted by molar-refractivity contribution is 0.306. The van der Waals surface area contributed by atoms with E-state index in [1.165, 1.54) is 5.39 Å². The van der Waals surface area contributed by atoms with Gasteiger partial charge in [-0.25, -0.2) is 0 Å². The molecule has 4 nitrogen and oxygen atoms in total. The molecule has 2 aromatic heterocycles. The van der Waals surface area contributed by atoms with Crippen LogP contribution < -0.4 is 0 Å². The Morgan fingerprint density at radius 3 is 2.72 bits per heavy atom. The van der Waals surface area contributed by atoms with Crippen LogP contribution in [0.4, 0.5) is 0 Å². The Morgan fingerprint density at radius 2 is 2.08 bits per heavy atom. The fourth-order valence-electron chi connectivity index (χ4n) is 3.07. The molecule has 0 bridgehead atoms. The van der Waals surface area contributed by atoms with Crippen molar-refractivity contribution in [3.63, 3.8) is 0 Å². The van der Waals surface area contributed by atoms with E-state index in [-0.39, 0.29) is 0 Å². The van der Waals surface area contributed by atoms with E-state index in [0.29, 0.717) is 6.54 Å². The summed E-state index contributed by atoms with van der Waals surface area (Å²) in [5.74, 6) is 1.66. The van der Waals surface area contributed by atoms with Crippen molar-refractivity contribution in [2.24, 2.45) is 0 Å². The summed E-state index contributed by atoms with van der Waals surface area (Å²) in [6.07, 6.45) is 6.02. The molecule has 130 valence electrons. The third-order valence-electron chi connectivity index (χ3n) is 4.27. The zero-order chi connectivity index (χ0) is 18.0. The lowest BCUT2D eigenvalue weighted by atomic mass is 10.1. The van der Waals surface area contributed by atoms with Crippen LogP contribution in [0.15, 0.2) is 57.2 Å². The summed E-state index contributed by atoms with van der Waals surface area (Å²) >= 11 is 3.79. The van der Waals surface area contributed by atoms with Gasteiger partial charge in [0.15, 0.2) is 0 Å². The van der Waals surface area contributed by atoms with E-state index in [1.807, 2.05) is 39.0 Å². The first-order valence-electron chi connectivity index (χ1n) is 8.15. The number of aryl methyl sites for hydroxylation is 2. The molecule has 0 aliphatic rings. The van der Waals surface area contributed by atoms with E-state index in [9.17, 15) is 0 Å². The molecule has 0 radical (unpaired) electrons. The Labute approximate surface area is 155 Å². The summed E-state index contributed by atoms with van der Waals surface area (Å²) in [5, 5.41) is 5.29. The number of hydrogen-bond donors (Lipinski definition) is 0. The van der Waals surface area contributed by atoms with Gasteiger partial charge in [0.05, 0.1) is 28.5 Å². The highest BCUT2D eigenvalue weighted by Crippen LogP contribution is 2.40. The molecule has 1 aromatic carbocycles. The second kappa shape index (κ2) is 7.31. The van der Waals surface area contributed by atoms with Crippen LogP contribution in [0, 0.1) is 13.8 Å². The van der Waals surface area contributed by atoms with E-state index in [4.69, 9.17) is 9.26 Å². The van der Waals surface area contributed by atoms with E-state index in [0.717, 1.165) is 38.5 Å². The van der Waals surface area contributed by atoms with E-state index in [2.05, 4.69) is 49.9 Å². The highest BCUT2D eigenvalue weighted by Gasteiger charge is 2.22. The second-order valence-electron chi connectivity index (χ2n) is 5.79. The standard InChI is InChI=1S/C20H21BrN2O2/c1-5-15(24-4)9-8-12-23-17-11-7-6-10-16(17)19(21)20(23)18-13(2)22-25-14(18)3/h5-11H,12H2,1-4H3/b9-8-,15-5+. The Balaban J connectivity index is 2.18. The Morgan fingerprint density at radius 1 is 1.32 bits per heavy atom. The molecule has 0 saturated carbocycles. The van der Waals surface area contributed by atoms with Crippen LogP contribution in [0.5, 0.6) is 0 Å². The van der Waals surface area contributed by atoms with E-state index < -0.39 is 0 Å². The molecule has 0 saturated heterocycles. The molecule has 0 amide bonds. The number of halogens is 1. The summed E-state index contributed by atoms with van der Waals surface area (Å²) < 4.78 is 14.0. The fraction of sp³-hybridized carbons (Fsp3) is 0.250. The molecule has 3 aromatic rings. The topological polar surface area (TPSA) is 40.2 Å². The van der Waals surface area contributed by atoms with Gasteiger partial charge in [-0.3, -0.25) is 0 Å². The number of nitrogens with zero attached hydrogens (tertiary/aromatic N) is 2. The summed E-state index contributed by atoms with van der Waals surface area (Å²) in [6, 6.07) is 8.35. The van der Waals surface area contributed by atoms with Crippen molar-refractivity contribution in [1.29, 1.82) is 0 Å². The number of rotatable bonds is 5. The molecule has 0 fully saturated rings. The molecule has 0 aliphatic heterocycles. The summed E-state index contributed by atoms with van der Waals surface area (Å²) in [7, 11) is 1.68. The maximum atomic E-state index is 5.40. The van der Waals surface area contributed by atoms with Gasteiger partial charge in [-0.1, -0.05) is 29.4 Å². The molecular formula is C20H21BrN2O2. The Kier molecular flexibility index (Phi) is 5.13. The number of fused-ring (bicyclic) bond motifs is 1. The van der Waals surface area contributed by atoms with Crippen molar-refractivity contribution < 1.29 is 9.26 Å². The van der Waals surface area contributed by atoms with Crippen molar-refractivity contribution in [3.05, 3.63) is 64.2 Å². The summed E-state index contributed by atoms with van der Waals surface area (Å²) in [4.78, 5) is 0. The van der Waals surface area contributed by atoms with Crippen LogP contribution in [0.1, 0.15) is 18.4 Å². The second-order valence-corrected chi connectivity index (χ2v) is 6.58. The van der Waals surface area contributed by atoms with Gasteiger partial charge in [0.25, 0.3) is 0 Å². The van der Waals surface area contributed by atoms with Crippen molar-refractivity contribution in [2.45, 2.75) is 27.3 Å². The normalized spacial score (nSPS) is 12.4. The van der Waals surface area contributed by atoms with Crippen molar-refractivity contribution in [1.82, 2.24) is 9.72 Å². The molecule has 0 atom stereocenters. The largest absolute Gasteiger partial charge is 0.497 e. The van der Waals surface area contributed by atoms with Gasteiger partial charge in [0.1, 0.15) is 11.5 Å². The van der Waals surface area contributed by atoms with Gasteiger partial charge >= 0.3 is 0 Å². The van der Waals surface area contributed by atoms with Gasteiger partial charge < -0.3 is 13.8 Å². The number of ether oxygens (including phenoxy) is 1. The van der Waals surface area contributed by atoms with Gasteiger partial charge in [0.2, 0.25) is 0 Å². The molecule has 5 heteroatoms. The highest BCUT2D eigenvalue weighted by atomic mass is 79.9. The Bertz CT molecular complexity index is 944. The van der Waals surface area contributed by atoms with Crippen molar-refractivity contribution in [2.75, 3.05) is 7.11 Å². The fourth-order valence-corrected chi connectivity index (χ4v) is 3.82. The SMILES string of the molecule is C/C=C(\C=C/Cn1c(-c2c(C)noc2C)c(Br)c2ccccc21)OC. The van der Waals surface area contributed by atoms with Crippen LogP contribution in [-0.2, 0) is 11.3 Å². The molecular weight excluding hydrogens is 380 g/mol. The third-order valence-corrected chi connectivity index (χ3v) is 5.07. The van der Waals surface area contributed by atoms with Gasteiger partial charge in [-0.2, -0.15) is 0 Å². The number of allylic oxidation sites excluding steroid dienone is 3. The lowest BCUT2D eigenvalue weighted by Gasteiger charge is -2.09. The van der Waals surface area contributed by atoms with Gasteiger partial charge in [0, 0.05) is 17.4 Å². The average Bonchev–Trinajstić information content (AvgIpc) is 3.09. The minimum atomic E-state index is 0.714. The van der Waals surface area contributed by atoms with Crippen molar-refractivity contribution in [3.8, 4) is 11.3 Å². The van der Waals surface area contributed by atoms with E-state index >= 15 is 0 Å². The minimum Gasteiger partial charge on any atom is -0.497 e. The molecule has 2 heterocycles. The van der Waals surface area contributed by atoms with E-state index in [1.54, 1.807) is 7.11 Å². The molecule has 25 heavy (non-hydrogen) atoms. The van der Waals surface area contributed by atoms with Gasteiger partial charge in [-0.15, -0.1) is 0 Å². The number of para-hydroxylation sites is 1. The van der Waals surface area contributed by atoms with Crippen LogP contribution >= 0.6 is 15.9 Å². The average molecular weight is 401 g/mol. The molecule has 0 unspecified atom stereocenters. The highest BCUT2D eigenvalue weighted by molar-refractivity contribution is 9.10. The summed E-state index contributed by atoms with van der Waals surface area (Å²) in [6.45, 7) is 6.59. The quantitative estimate of drug-likeness (QED) is 0.402. The van der Waals surface area contributed by atoms with Crippen LogP contribution in [0.3, 0.4) is 0 Å². The van der Waals surface area contributed by atoms with Crippen molar-refractivity contribution >= 4 is 26.8 Å². The number of hydrogen-bond acceptors (Lipinski definition) is 3. The number of methoxy groups -OCH3 is 1. The Hall–Kier alpha value is -2.27. The van der Waals surface area contributed by atoms with Crippen LogP contribution in [0.2, 0.25) is 0 Å². The van der Waals surface area contributed by atoms with Crippen LogP contribution in [0.25, 0.3) is 22.2 Å². The number of benzene rings is 1. The molecule has 3 rings (SSSR count). The maximum absolute atomic E-state index is 5.40. The first-order valence-corrected chi connectivity index (χ1v) is 8.94. The zero-order valence-corrected chi connectivity index (χ0v) is 16.4. The minimum absolute atomic E-state index is 0.714. The molecule has 0 spiro atoms. The maximum Gasteiger partial charge on any atom is 0.143 e. The molecule has 0 aliphatic carbocycles. The lowest BCUT2D eigenvalue weighted by Crippen LogP contribution is -1.99. The predicted octanol–water partition coefficient (Wildman–Crippen LogP) is 5.78. The first kappa shape index (κ1) is 17.5. The number of aromatic nitrogens is 2. The zero-order valence-electron chi connectivity index (χ0n) is 14.8. The third kappa shape index (κ3) is 3.16. The smallest absolute Gasteiger partial charge is 0.143 e. The van der Waals surface area contributed by atoms with Crippen LogP contribution in [-0.4, -0.2) is 16.8 Å². The summed E-state index contributed by atoms with van der Waals surface area (Å²) in [5.41, 5.74) is 4.17. The molecule has 0 N–H and O–H groups in total. The van der Waals surface area contributed by atoms with Gasteiger partial charge in [-0.05, 0) is 54.9 Å².